The summed E-state index contributed by atoms with van der Waals surface area (Å²) < 4.78 is 33.4. The van der Waals surface area contributed by atoms with Crippen LogP contribution in [0, 0.1) is 0 Å². The normalized spacial score (nSPS) is 17.4. The first kappa shape index (κ1) is 17.7. The van der Waals surface area contributed by atoms with Crippen molar-refractivity contribution in [3.05, 3.63) is 18.2 Å². The summed E-state index contributed by atoms with van der Waals surface area (Å²) >= 11 is 0. The number of hydrogen-bond acceptors (Lipinski definition) is 4. The van der Waals surface area contributed by atoms with E-state index < -0.39 is 21.2 Å². The van der Waals surface area contributed by atoms with Gasteiger partial charge in [0.1, 0.15) is 11.4 Å². The molecule has 1 N–H and O–H groups in total. The van der Waals surface area contributed by atoms with E-state index in [4.69, 9.17) is 4.74 Å². The highest BCUT2D eigenvalue weighted by Gasteiger charge is 2.34. The Morgan fingerprint density at radius 2 is 1.91 bits per heavy atom. The number of fused-ring (bicyclic) bond motifs is 1. The molecule has 7 heteroatoms. The van der Waals surface area contributed by atoms with Gasteiger partial charge in [0.05, 0.1) is 17.1 Å². The molecule has 0 bridgehead atoms. The molecule has 23 heavy (non-hydrogen) atoms. The minimum absolute atomic E-state index is 0.112. The Morgan fingerprint density at radius 1 is 1.30 bits per heavy atom. The average molecular weight is 340 g/mol. The Morgan fingerprint density at radius 3 is 2.43 bits per heavy atom. The van der Waals surface area contributed by atoms with Gasteiger partial charge in [-0.25, -0.2) is 13.1 Å². The first-order valence-electron chi connectivity index (χ1n) is 7.46. The second kappa shape index (κ2) is 5.49. The van der Waals surface area contributed by atoms with Crippen molar-refractivity contribution >= 4 is 21.6 Å². The summed E-state index contributed by atoms with van der Waals surface area (Å²) in [5, 5.41) is 0. The fraction of sp³-hybridized carbons (Fsp3) is 0.562. The van der Waals surface area contributed by atoms with E-state index in [1.54, 1.807) is 31.7 Å². The Kier molecular flexibility index (Phi) is 4.24. The van der Waals surface area contributed by atoms with E-state index in [0.29, 0.717) is 18.0 Å². The maximum Gasteiger partial charge on any atom is 0.241 e. The summed E-state index contributed by atoms with van der Waals surface area (Å²) in [6, 6.07) is 4.58. The molecule has 0 atom stereocenters. The fourth-order valence-electron chi connectivity index (χ4n) is 2.50. The van der Waals surface area contributed by atoms with Gasteiger partial charge in [0.15, 0.2) is 0 Å². The highest BCUT2D eigenvalue weighted by molar-refractivity contribution is 7.89. The third-order valence-electron chi connectivity index (χ3n) is 3.28. The topological polar surface area (TPSA) is 75.7 Å². The van der Waals surface area contributed by atoms with E-state index in [9.17, 15) is 13.2 Å². The van der Waals surface area contributed by atoms with E-state index in [2.05, 4.69) is 4.72 Å². The number of nitrogens with zero attached hydrogens (tertiary/aromatic N) is 1. The molecule has 1 aromatic carbocycles. The number of hydrogen-bond donors (Lipinski definition) is 1. The first-order valence-corrected chi connectivity index (χ1v) is 8.94. The van der Waals surface area contributed by atoms with Crippen molar-refractivity contribution in [2.75, 3.05) is 11.4 Å². The van der Waals surface area contributed by atoms with Crippen LogP contribution in [-0.4, -0.2) is 32.0 Å². The van der Waals surface area contributed by atoms with Crippen LogP contribution in [0.15, 0.2) is 23.1 Å². The van der Waals surface area contributed by atoms with E-state index in [1.807, 2.05) is 13.8 Å². The zero-order chi connectivity index (χ0) is 17.6. The van der Waals surface area contributed by atoms with Gasteiger partial charge < -0.3 is 9.64 Å². The Labute approximate surface area is 137 Å². The Hall–Kier alpha value is -1.60. The van der Waals surface area contributed by atoms with E-state index in [-0.39, 0.29) is 10.8 Å². The molecule has 0 aromatic heterocycles. The maximum atomic E-state index is 12.5. The van der Waals surface area contributed by atoms with Gasteiger partial charge in [-0.2, -0.15) is 0 Å². The monoisotopic (exact) mass is 340 g/mol. The molecule has 1 aliphatic heterocycles. The smallest absolute Gasteiger partial charge is 0.241 e. The van der Waals surface area contributed by atoms with Gasteiger partial charge in [-0.05, 0) is 52.8 Å². The summed E-state index contributed by atoms with van der Waals surface area (Å²) in [6.45, 7) is 10.9. The number of amides is 1. The number of sulfonamides is 1. The lowest BCUT2D eigenvalue weighted by atomic mass is 10.1. The van der Waals surface area contributed by atoms with Crippen LogP contribution in [0.1, 0.15) is 41.5 Å². The van der Waals surface area contributed by atoms with Crippen molar-refractivity contribution in [3.8, 4) is 5.75 Å². The van der Waals surface area contributed by atoms with E-state index in [1.165, 1.54) is 19.1 Å². The van der Waals surface area contributed by atoms with E-state index >= 15 is 0 Å². The Balaban J connectivity index is 2.50. The van der Waals surface area contributed by atoms with Gasteiger partial charge in [0.2, 0.25) is 15.9 Å². The summed E-state index contributed by atoms with van der Waals surface area (Å²) in [7, 11) is -3.67. The van der Waals surface area contributed by atoms with Crippen LogP contribution in [-0.2, 0) is 14.8 Å². The maximum absolute atomic E-state index is 12.5. The fourth-order valence-corrected chi connectivity index (χ4v) is 3.94. The molecule has 0 unspecified atom stereocenters. The second-order valence-electron chi connectivity index (χ2n) is 7.45. The number of carbonyl (C=O) groups is 1. The van der Waals surface area contributed by atoms with Crippen molar-refractivity contribution in [3.63, 3.8) is 0 Å². The van der Waals surface area contributed by atoms with Crippen LogP contribution in [0.2, 0.25) is 0 Å². The average Bonchev–Trinajstić information content (AvgIpc) is 2.33. The van der Waals surface area contributed by atoms with Crippen LogP contribution in [0.3, 0.4) is 0 Å². The number of rotatable bonds is 2. The summed E-state index contributed by atoms with van der Waals surface area (Å²) in [5.74, 6) is 0.354. The summed E-state index contributed by atoms with van der Waals surface area (Å²) in [4.78, 5) is 13.6. The molecule has 0 aliphatic carbocycles. The van der Waals surface area contributed by atoms with Crippen molar-refractivity contribution in [2.24, 2.45) is 0 Å². The quantitative estimate of drug-likeness (QED) is 0.896. The van der Waals surface area contributed by atoms with Crippen LogP contribution < -0.4 is 14.4 Å². The van der Waals surface area contributed by atoms with Gasteiger partial charge in [-0.15, -0.1) is 0 Å². The van der Waals surface area contributed by atoms with Crippen LogP contribution in [0.4, 0.5) is 5.69 Å². The lowest BCUT2D eigenvalue weighted by Gasteiger charge is -2.39. The molecule has 1 aromatic rings. The van der Waals surface area contributed by atoms with Gasteiger partial charge in [0, 0.05) is 12.5 Å². The lowest BCUT2D eigenvalue weighted by Crippen LogP contribution is -2.48. The third-order valence-corrected chi connectivity index (χ3v) is 5.03. The SMILES string of the molecule is CC(=O)N1CC(C)(C)Oc2ccc(S(=O)(=O)NC(C)(C)C)cc21. The van der Waals surface area contributed by atoms with Crippen molar-refractivity contribution < 1.29 is 17.9 Å². The van der Waals surface area contributed by atoms with Gasteiger partial charge in [-0.1, -0.05) is 0 Å². The predicted octanol–water partition coefficient (Wildman–Crippen LogP) is 2.29. The molecular weight excluding hydrogens is 316 g/mol. The van der Waals surface area contributed by atoms with Gasteiger partial charge in [0.25, 0.3) is 0 Å². The molecule has 2 rings (SSSR count). The van der Waals surface area contributed by atoms with Gasteiger partial charge >= 0.3 is 0 Å². The first-order chi connectivity index (χ1) is 10.3. The van der Waals surface area contributed by atoms with Crippen molar-refractivity contribution in [2.45, 2.75) is 57.6 Å². The molecule has 0 saturated heterocycles. The molecule has 0 radical (unpaired) electrons. The highest BCUT2D eigenvalue weighted by atomic mass is 32.2. The van der Waals surface area contributed by atoms with Crippen LogP contribution in [0.25, 0.3) is 0 Å². The van der Waals surface area contributed by atoms with Crippen LogP contribution >= 0.6 is 0 Å². The standard InChI is InChI=1S/C16H24N2O4S/c1-11(19)18-10-16(5,6)22-14-8-7-12(9-13(14)18)23(20,21)17-15(2,3)4/h7-9,17H,10H2,1-6H3. The molecule has 0 fully saturated rings. The minimum Gasteiger partial charge on any atom is -0.484 e. The Bertz CT molecular complexity index is 733. The third kappa shape index (κ3) is 4.03. The number of benzene rings is 1. The number of nitrogens with one attached hydrogen (secondary N) is 1. The number of carbonyl (C=O) groups excluding carboxylic acids is 1. The number of ether oxygens (including phenoxy) is 1. The molecule has 6 nitrogen and oxygen atoms in total. The zero-order valence-electron chi connectivity index (χ0n) is 14.4. The second-order valence-corrected chi connectivity index (χ2v) is 9.13. The molecule has 1 amide bonds. The predicted molar refractivity (Wildman–Crippen MR) is 89.3 cm³/mol. The van der Waals surface area contributed by atoms with Crippen LogP contribution in [0.5, 0.6) is 5.75 Å². The molecule has 0 saturated carbocycles. The molecule has 0 spiro atoms. The molecule has 1 aliphatic rings. The largest absolute Gasteiger partial charge is 0.484 e. The highest BCUT2D eigenvalue weighted by Crippen LogP contribution is 2.38. The zero-order valence-corrected chi connectivity index (χ0v) is 15.2. The lowest BCUT2D eigenvalue weighted by molar-refractivity contribution is -0.117. The molecule has 128 valence electrons. The van der Waals surface area contributed by atoms with Gasteiger partial charge in [-0.3, -0.25) is 4.79 Å². The minimum atomic E-state index is -3.67. The van der Waals surface area contributed by atoms with Crippen molar-refractivity contribution in [1.82, 2.24) is 4.72 Å². The summed E-state index contributed by atoms with van der Waals surface area (Å²) in [6.07, 6.45) is 0. The number of anilines is 1. The summed E-state index contributed by atoms with van der Waals surface area (Å²) in [5.41, 5.74) is -0.635. The molecular formula is C16H24N2O4S. The van der Waals surface area contributed by atoms with Crippen molar-refractivity contribution in [1.29, 1.82) is 0 Å². The van der Waals surface area contributed by atoms with E-state index in [0.717, 1.165) is 0 Å². The molecule has 1 heterocycles.